The van der Waals surface area contributed by atoms with Crippen molar-refractivity contribution in [2.75, 3.05) is 6.61 Å². The number of hydrogen-bond acceptors (Lipinski definition) is 8. The van der Waals surface area contributed by atoms with E-state index in [4.69, 9.17) is 9.47 Å². The topological polar surface area (TPSA) is 142 Å². The maximum atomic E-state index is 12.9. The van der Waals surface area contributed by atoms with Gasteiger partial charge in [0.1, 0.15) is 35.1 Å². The molecule has 0 bridgehead atoms. The van der Waals surface area contributed by atoms with Crippen LogP contribution in [-0.2, 0) is 16.0 Å². The molecule has 3 unspecified atom stereocenters. The van der Waals surface area contributed by atoms with Crippen LogP contribution in [0.1, 0.15) is 54.9 Å². The van der Waals surface area contributed by atoms with Crippen LogP contribution in [0.2, 0.25) is 0 Å². The van der Waals surface area contributed by atoms with Crippen molar-refractivity contribution in [1.82, 2.24) is 9.97 Å². The first-order valence-electron chi connectivity index (χ1n) is 11.7. The molecular formula is C26H32N2O7. The summed E-state index contributed by atoms with van der Waals surface area (Å²) in [5, 5.41) is 30.9. The van der Waals surface area contributed by atoms with Crippen molar-refractivity contribution < 1.29 is 34.4 Å². The molecular weight excluding hydrogens is 452 g/mol. The second-order valence-corrected chi connectivity index (χ2v) is 8.63. The Morgan fingerprint density at radius 2 is 1.97 bits per heavy atom. The fourth-order valence-electron chi connectivity index (χ4n) is 3.57. The third-order valence-electron chi connectivity index (χ3n) is 5.89. The molecule has 0 saturated heterocycles. The summed E-state index contributed by atoms with van der Waals surface area (Å²) in [4.78, 5) is 32.3. The van der Waals surface area contributed by atoms with E-state index in [-0.39, 0.29) is 23.7 Å². The fourth-order valence-corrected chi connectivity index (χ4v) is 3.57. The maximum Gasteiger partial charge on any atom is 0.342 e. The second kappa shape index (κ2) is 12.3. The third-order valence-corrected chi connectivity index (χ3v) is 5.89. The molecule has 0 saturated carbocycles. The van der Waals surface area contributed by atoms with Gasteiger partial charge < -0.3 is 29.8 Å². The number of phenolic OH excluding ortho intramolecular Hbond substituents is 1. The number of benzene rings is 1. The molecule has 1 aromatic carbocycles. The second-order valence-electron chi connectivity index (χ2n) is 8.63. The van der Waals surface area contributed by atoms with Gasteiger partial charge in [0.2, 0.25) is 0 Å². The van der Waals surface area contributed by atoms with E-state index in [9.17, 15) is 24.9 Å². The Morgan fingerprint density at radius 3 is 2.71 bits per heavy atom. The first-order chi connectivity index (χ1) is 16.8. The van der Waals surface area contributed by atoms with Crippen molar-refractivity contribution >= 4 is 17.8 Å². The van der Waals surface area contributed by atoms with E-state index in [0.717, 1.165) is 25.1 Å². The Hall–Kier alpha value is -3.43. The number of aliphatic hydroxyl groups is 2. The molecule has 0 radical (unpaired) electrons. The van der Waals surface area contributed by atoms with E-state index in [1.807, 2.05) is 0 Å². The summed E-state index contributed by atoms with van der Waals surface area (Å²) < 4.78 is 11.3. The fraction of sp³-hybridized carbons (Fsp3) is 0.423. The lowest BCUT2D eigenvalue weighted by atomic mass is 9.99. The van der Waals surface area contributed by atoms with Crippen LogP contribution in [0.5, 0.6) is 11.5 Å². The van der Waals surface area contributed by atoms with E-state index in [0.29, 0.717) is 17.9 Å². The number of aromatic hydroxyl groups is 1. The predicted molar refractivity (Wildman–Crippen MR) is 129 cm³/mol. The minimum Gasteiger partial charge on any atom is -0.507 e. The maximum absolute atomic E-state index is 12.9. The highest BCUT2D eigenvalue weighted by atomic mass is 16.5. The number of rotatable bonds is 6. The van der Waals surface area contributed by atoms with Gasteiger partial charge in [-0.05, 0) is 43.9 Å². The summed E-state index contributed by atoms with van der Waals surface area (Å²) in [5.74, 6) is -0.706. The predicted octanol–water partition coefficient (Wildman–Crippen LogP) is 2.96. The van der Waals surface area contributed by atoms with Crippen LogP contribution in [-0.4, -0.2) is 62.0 Å². The number of cyclic esters (lactones) is 1. The average molecular weight is 485 g/mol. The monoisotopic (exact) mass is 484 g/mol. The summed E-state index contributed by atoms with van der Waals surface area (Å²) in [7, 11) is 0. The zero-order valence-electron chi connectivity index (χ0n) is 19.9. The molecule has 4 N–H and O–H groups in total. The number of H-pyrrole nitrogens is 1. The molecule has 9 heteroatoms. The SMILES string of the molecule is CC1OC(=O)c2c(O)cc(OCCCCc3ncc[nH]3)cc2/C=C/CC(O)C(O)C(=O)/C=C\[C@H]1C. The van der Waals surface area contributed by atoms with Gasteiger partial charge in [0.25, 0.3) is 0 Å². The molecule has 0 amide bonds. The molecule has 2 aromatic rings. The molecule has 0 aliphatic carbocycles. The van der Waals surface area contributed by atoms with Crippen molar-refractivity contribution in [1.29, 1.82) is 0 Å². The number of nitrogens with one attached hydrogen (secondary N) is 1. The summed E-state index contributed by atoms with van der Waals surface area (Å²) in [6.07, 6.45) is 8.08. The lowest BCUT2D eigenvalue weighted by Gasteiger charge is -2.20. The van der Waals surface area contributed by atoms with Gasteiger partial charge in [0, 0.05) is 30.8 Å². The quantitative estimate of drug-likeness (QED) is 0.362. The molecule has 188 valence electrons. The average Bonchev–Trinajstić information content (AvgIpc) is 3.34. The molecule has 1 aliphatic heterocycles. The van der Waals surface area contributed by atoms with Crippen molar-refractivity contribution in [3.8, 4) is 11.5 Å². The highest BCUT2D eigenvalue weighted by Crippen LogP contribution is 2.31. The Labute approximate surface area is 204 Å². The van der Waals surface area contributed by atoms with Crippen molar-refractivity contribution in [2.24, 2.45) is 5.92 Å². The van der Waals surface area contributed by atoms with Crippen molar-refractivity contribution in [3.05, 3.63) is 59.7 Å². The number of aromatic nitrogens is 2. The number of aromatic amines is 1. The van der Waals surface area contributed by atoms with Crippen LogP contribution in [0.4, 0.5) is 0 Å². The molecule has 3 rings (SSSR count). The molecule has 35 heavy (non-hydrogen) atoms. The number of imidazole rings is 1. The highest BCUT2D eigenvalue weighted by molar-refractivity contribution is 5.97. The van der Waals surface area contributed by atoms with Gasteiger partial charge in [0.15, 0.2) is 5.78 Å². The van der Waals surface area contributed by atoms with Gasteiger partial charge in [0.05, 0.1) is 12.7 Å². The van der Waals surface area contributed by atoms with Gasteiger partial charge >= 0.3 is 5.97 Å². The number of aliphatic hydroxyl groups excluding tert-OH is 2. The van der Waals surface area contributed by atoms with Gasteiger partial charge in [-0.3, -0.25) is 4.79 Å². The first-order valence-corrected chi connectivity index (χ1v) is 11.7. The standard InChI is InChI=1S/C26H32N2O7/c1-16-9-10-21(30)25(32)20(29)7-5-6-18-14-19(15-22(31)24(18)26(33)35-17(16)2)34-13-4-3-8-23-27-11-12-28-23/h5-6,9-12,14-17,20,25,29,31-32H,3-4,7-8,13H2,1-2H3,(H,27,28)/b6-5+,10-9-/t16-,17?,20?,25?/m1/s1. The lowest BCUT2D eigenvalue weighted by Crippen LogP contribution is -2.32. The number of nitrogens with zero attached hydrogens (tertiary/aromatic N) is 1. The summed E-state index contributed by atoms with van der Waals surface area (Å²) in [6, 6.07) is 2.97. The number of carbonyl (C=O) groups excluding carboxylic acids is 2. The molecule has 0 spiro atoms. The number of ketones is 1. The van der Waals surface area contributed by atoms with E-state index in [1.165, 1.54) is 30.4 Å². The number of aryl methyl sites for hydroxylation is 1. The number of unbranched alkanes of at least 4 members (excludes halogenated alkanes) is 1. The van der Waals surface area contributed by atoms with E-state index >= 15 is 0 Å². The minimum atomic E-state index is -1.58. The Bertz CT molecular complexity index is 1060. The lowest BCUT2D eigenvalue weighted by molar-refractivity contribution is -0.127. The number of carbonyl (C=O) groups is 2. The Morgan fingerprint density at radius 1 is 1.17 bits per heavy atom. The number of phenols is 1. The van der Waals surface area contributed by atoms with Crippen molar-refractivity contribution in [2.45, 2.75) is 57.8 Å². The Balaban J connectivity index is 1.78. The third kappa shape index (κ3) is 7.27. The van der Waals surface area contributed by atoms with Gasteiger partial charge in [-0.15, -0.1) is 0 Å². The van der Waals surface area contributed by atoms with Gasteiger partial charge in [-0.2, -0.15) is 0 Å². The molecule has 1 aliphatic rings. The smallest absolute Gasteiger partial charge is 0.342 e. The summed E-state index contributed by atoms with van der Waals surface area (Å²) in [5.41, 5.74) is 0.304. The van der Waals surface area contributed by atoms with Gasteiger partial charge in [-0.1, -0.05) is 25.2 Å². The van der Waals surface area contributed by atoms with Crippen LogP contribution in [0.15, 0.2) is 42.8 Å². The molecule has 4 atom stereocenters. The zero-order valence-corrected chi connectivity index (χ0v) is 19.9. The molecule has 2 heterocycles. The number of fused-ring (bicyclic) bond motifs is 1. The van der Waals surface area contributed by atoms with E-state index < -0.39 is 30.1 Å². The van der Waals surface area contributed by atoms with Crippen LogP contribution in [0.25, 0.3) is 6.08 Å². The Kier molecular flexibility index (Phi) is 9.22. The van der Waals surface area contributed by atoms with Crippen LogP contribution < -0.4 is 4.74 Å². The van der Waals surface area contributed by atoms with Crippen LogP contribution in [0, 0.1) is 5.92 Å². The van der Waals surface area contributed by atoms with Crippen LogP contribution in [0.3, 0.4) is 0 Å². The van der Waals surface area contributed by atoms with E-state index in [2.05, 4.69) is 9.97 Å². The summed E-state index contributed by atoms with van der Waals surface area (Å²) in [6.45, 7) is 3.82. The number of hydrogen-bond donors (Lipinski definition) is 4. The normalized spacial score (nSPS) is 25.3. The number of ether oxygens (including phenoxy) is 2. The minimum absolute atomic E-state index is 0.0300. The molecule has 0 fully saturated rings. The summed E-state index contributed by atoms with van der Waals surface area (Å²) >= 11 is 0. The zero-order chi connectivity index (χ0) is 25.4. The largest absolute Gasteiger partial charge is 0.507 e. The van der Waals surface area contributed by atoms with Crippen LogP contribution >= 0.6 is 0 Å². The first kappa shape index (κ1) is 26.2. The highest BCUT2D eigenvalue weighted by Gasteiger charge is 2.25. The van der Waals surface area contributed by atoms with Crippen molar-refractivity contribution in [3.63, 3.8) is 0 Å². The van der Waals surface area contributed by atoms with E-state index in [1.54, 1.807) is 32.3 Å². The number of esters is 1. The van der Waals surface area contributed by atoms with Gasteiger partial charge in [-0.25, -0.2) is 9.78 Å². The molecule has 9 nitrogen and oxygen atoms in total. The molecule has 1 aromatic heterocycles.